The van der Waals surface area contributed by atoms with E-state index >= 15 is 0 Å². The average molecular weight is 210 g/mol. The lowest BCUT2D eigenvalue weighted by Gasteiger charge is -2.12. The van der Waals surface area contributed by atoms with E-state index in [9.17, 15) is 0 Å². The standard InChI is InChI=1S/C12H22N2O/c1-7-15-12-10(8(2)3)11(9(4)5)14(6)13-12/h8-9H,7H2,1-6H3. The summed E-state index contributed by atoms with van der Waals surface area (Å²) < 4.78 is 7.53. The molecule has 0 spiro atoms. The fourth-order valence-electron chi connectivity index (χ4n) is 2.00. The number of aryl methyl sites for hydroxylation is 1. The fraction of sp³-hybridized carbons (Fsp3) is 0.750. The Labute approximate surface area is 92.4 Å². The molecule has 0 fully saturated rings. The molecule has 0 aliphatic carbocycles. The van der Waals surface area contributed by atoms with Crippen LogP contribution in [0.15, 0.2) is 0 Å². The fourth-order valence-corrected chi connectivity index (χ4v) is 2.00. The second kappa shape index (κ2) is 4.69. The van der Waals surface area contributed by atoms with Gasteiger partial charge in [0.1, 0.15) is 0 Å². The lowest BCUT2D eigenvalue weighted by Crippen LogP contribution is -2.03. The number of hydrogen-bond acceptors (Lipinski definition) is 2. The molecular weight excluding hydrogens is 188 g/mol. The molecule has 15 heavy (non-hydrogen) atoms. The zero-order valence-corrected chi connectivity index (χ0v) is 10.7. The van der Waals surface area contributed by atoms with Crippen molar-refractivity contribution in [1.29, 1.82) is 0 Å². The molecule has 1 aromatic heterocycles. The Morgan fingerprint density at radius 3 is 2.20 bits per heavy atom. The van der Waals surface area contributed by atoms with Crippen molar-refractivity contribution in [2.75, 3.05) is 6.61 Å². The lowest BCUT2D eigenvalue weighted by atomic mass is 9.97. The molecule has 0 radical (unpaired) electrons. The molecular formula is C12H22N2O. The third kappa shape index (κ3) is 2.33. The number of rotatable bonds is 4. The molecule has 0 aromatic carbocycles. The van der Waals surface area contributed by atoms with E-state index in [1.165, 1.54) is 11.3 Å². The lowest BCUT2D eigenvalue weighted by molar-refractivity contribution is 0.319. The molecule has 0 aliphatic heterocycles. The molecule has 1 rings (SSSR count). The number of aromatic nitrogens is 2. The van der Waals surface area contributed by atoms with Crippen LogP contribution in [-0.4, -0.2) is 16.4 Å². The Bertz CT molecular complexity index is 327. The van der Waals surface area contributed by atoms with Crippen LogP contribution in [0.3, 0.4) is 0 Å². The van der Waals surface area contributed by atoms with Crippen molar-refractivity contribution < 1.29 is 4.74 Å². The van der Waals surface area contributed by atoms with Gasteiger partial charge in [-0.25, -0.2) is 0 Å². The maximum Gasteiger partial charge on any atom is 0.236 e. The molecule has 0 saturated carbocycles. The minimum Gasteiger partial charge on any atom is -0.477 e. The molecule has 0 amide bonds. The van der Waals surface area contributed by atoms with Crippen molar-refractivity contribution in [3.8, 4) is 5.88 Å². The van der Waals surface area contributed by atoms with Crippen molar-refractivity contribution in [3.63, 3.8) is 0 Å². The highest BCUT2D eigenvalue weighted by Crippen LogP contribution is 2.33. The smallest absolute Gasteiger partial charge is 0.236 e. The molecule has 1 aromatic rings. The zero-order chi connectivity index (χ0) is 11.6. The van der Waals surface area contributed by atoms with E-state index in [2.05, 4.69) is 32.8 Å². The van der Waals surface area contributed by atoms with Gasteiger partial charge in [0.2, 0.25) is 5.88 Å². The summed E-state index contributed by atoms with van der Waals surface area (Å²) >= 11 is 0. The molecule has 0 bridgehead atoms. The third-order valence-electron chi connectivity index (χ3n) is 2.50. The third-order valence-corrected chi connectivity index (χ3v) is 2.50. The molecule has 86 valence electrons. The van der Waals surface area contributed by atoms with Crippen LogP contribution in [0, 0.1) is 0 Å². The molecule has 3 nitrogen and oxygen atoms in total. The van der Waals surface area contributed by atoms with Crippen LogP contribution in [0.2, 0.25) is 0 Å². The first-order chi connectivity index (χ1) is 6.99. The summed E-state index contributed by atoms with van der Waals surface area (Å²) in [6, 6.07) is 0. The topological polar surface area (TPSA) is 27.1 Å². The summed E-state index contributed by atoms with van der Waals surface area (Å²) in [6.07, 6.45) is 0. The summed E-state index contributed by atoms with van der Waals surface area (Å²) in [5, 5.41) is 4.44. The molecule has 0 saturated heterocycles. The second-order valence-corrected chi connectivity index (χ2v) is 4.47. The summed E-state index contributed by atoms with van der Waals surface area (Å²) in [7, 11) is 1.99. The molecule has 0 N–H and O–H groups in total. The van der Waals surface area contributed by atoms with Crippen molar-refractivity contribution >= 4 is 0 Å². The van der Waals surface area contributed by atoms with Crippen molar-refractivity contribution in [2.24, 2.45) is 7.05 Å². The first-order valence-corrected chi connectivity index (χ1v) is 5.68. The Morgan fingerprint density at radius 1 is 1.20 bits per heavy atom. The number of ether oxygens (including phenoxy) is 1. The monoisotopic (exact) mass is 210 g/mol. The van der Waals surface area contributed by atoms with Gasteiger partial charge >= 0.3 is 0 Å². The van der Waals surface area contributed by atoms with Crippen molar-refractivity contribution in [2.45, 2.75) is 46.5 Å². The van der Waals surface area contributed by atoms with Crippen molar-refractivity contribution in [1.82, 2.24) is 9.78 Å². The number of hydrogen-bond donors (Lipinski definition) is 0. The SMILES string of the molecule is CCOc1nn(C)c(C(C)C)c1C(C)C. The molecule has 0 unspecified atom stereocenters. The van der Waals surface area contributed by atoms with E-state index < -0.39 is 0 Å². The van der Waals surface area contributed by atoms with E-state index in [0.29, 0.717) is 18.4 Å². The predicted octanol–water partition coefficient (Wildman–Crippen LogP) is 3.07. The molecule has 0 atom stereocenters. The summed E-state index contributed by atoms with van der Waals surface area (Å²) in [5.41, 5.74) is 2.54. The quantitative estimate of drug-likeness (QED) is 0.763. The van der Waals surface area contributed by atoms with Crippen LogP contribution < -0.4 is 4.74 Å². The van der Waals surface area contributed by atoms with Crippen LogP contribution in [0.25, 0.3) is 0 Å². The van der Waals surface area contributed by atoms with E-state index in [-0.39, 0.29) is 0 Å². The average Bonchev–Trinajstić information content (AvgIpc) is 2.42. The maximum atomic E-state index is 5.58. The van der Waals surface area contributed by atoms with Gasteiger partial charge in [-0.2, -0.15) is 0 Å². The molecule has 1 heterocycles. The van der Waals surface area contributed by atoms with E-state index in [1.807, 2.05) is 18.7 Å². The normalized spacial score (nSPS) is 11.5. The minimum atomic E-state index is 0.456. The van der Waals surface area contributed by atoms with Crippen LogP contribution in [0.4, 0.5) is 0 Å². The Morgan fingerprint density at radius 2 is 1.80 bits per heavy atom. The zero-order valence-electron chi connectivity index (χ0n) is 10.7. The van der Waals surface area contributed by atoms with Gasteiger partial charge < -0.3 is 4.74 Å². The van der Waals surface area contributed by atoms with E-state index in [4.69, 9.17) is 4.74 Å². The summed E-state index contributed by atoms with van der Waals surface area (Å²) in [4.78, 5) is 0. The van der Waals surface area contributed by atoms with Crippen LogP contribution in [0.5, 0.6) is 5.88 Å². The van der Waals surface area contributed by atoms with Gasteiger partial charge in [-0.3, -0.25) is 4.68 Å². The van der Waals surface area contributed by atoms with Crippen LogP contribution in [0.1, 0.15) is 57.7 Å². The second-order valence-electron chi connectivity index (χ2n) is 4.47. The predicted molar refractivity (Wildman–Crippen MR) is 62.6 cm³/mol. The minimum absolute atomic E-state index is 0.456. The maximum absolute atomic E-state index is 5.58. The van der Waals surface area contributed by atoms with Gasteiger partial charge in [0, 0.05) is 18.3 Å². The first kappa shape index (κ1) is 12.1. The molecule has 0 aliphatic rings. The summed E-state index contributed by atoms with van der Waals surface area (Å²) in [6.45, 7) is 11.4. The Hall–Kier alpha value is -0.990. The first-order valence-electron chi connectivity index (χ1n) is 5.68. The largest absolute Gasteiger partial charge is 0.477 e. The van der Waals surface area contributed by atoms with Crippen LogP contribution >= 0.6 is 0 Å². The highest BCUT2D eigenvalue weighted by atomic mass is 16.5. The van der Waals surface area contributed by atoms with Gasteiger partial charge in [-0.15, -0.1) is 5.10 Å². The van der Waals surface area contributed by atoms with E-state index in [0.717, 1.165) is 5.88 Å². The van der Waals surface area contributed by atoms with Gasteiger partial charge in [-0.05, 0) is 18.8 Å². The highest BCUT2D eigenvalue weighted by molar-refractivity contribution is 5.36. The van der Waals surface area contributed by atoms with Gasteiger partial charge in [0.15, 0.2) is 0 Å². The summed E-state index contributed by atoms with van der Waals surface area (Å²) in [5.74, 6) is 1.74. The molecule has 3 heteroatoms. The highest BCUT2D eigenvalue weighted by Gasteiger charge is 2.21. The van der Waals surface area contributed by atoms with E-state index in [1.54, 1.807) is 0 Å². The van der Waals surface area contributed by atoms with Gasteiger partial charge in [-0.1, -0.05) is 27.7 Å². The van der Waals surface area contributed by atoms with Gasteiger partial charge in [0.05, 0.1) is 6.61 Å². The van der Waals surface area contributed by atoms with Crippen LogP contribution in [-0.2, 0) is 7.05 Å². The van der Waals surface area contributed by atoms with Gasteiger partial charge in [0.25, 0.3) is 0 Å². The Balaban J connectivity index is 3.24. The van der Waals surface area contributed by atoms with Crippen molar-refractivity contribution in [3.05, 3.63) is 11.3 Å². The Kier molecular flexibility index (Phi) is 3.77. The number of nitrogens with zero attached hydrogens (tertiary/aromatic N) is 2.